The third-order valence-electron chi connectivity index (χ3n) is 4.36. The molecule has 0 bridgehead atoms. The number of nitrogens with one attached hydrogen (secondary N) is 2. The Kier molecular flexibility index (Phi) is 6.88. The van der Waals surface area contributed by atoms with Crippen molar-refractivity contribution in [3.05, 3.63) is 93.0 Å². The summed E-state index contributed by atoms with van der Waals surface area (Å²) in [5.74, 6) is 0. The molecule has 160 valence electrons. The van der Waals surface area contributed by atoms with Gasteiger partial charge in [-0.2, -0.15) is 5.10 Å². The molecule has 0 saturated heterocycles. The van der Waals surface area contributed by atoms with Crippen molar-refractivity contribution in [2.75, 3.05) is 10.1 Å². The summed E-state index contributed by atoms with van der Waals surface area (Å²) in [6, 6.07) is 17.3. The second kappa shape index (κ2) is 9.59. The summed E-state index contributed by atoms with van der Waals surface area (Å²) in [4.78, 5) is 10.6. The van der Waals surface area contributed by atoms with Gasteiger partial charge in [0.15, 0.2) is 0 Å². The van der Waals surface area contributed by atoms with Crippen molar-refractivity contribution >= 4 is 44.9 Å². The smallest absolute Gasteiger partial charge is 0.280 e. The van der Waals surface area contributed by atoms with E-state index >= 15 is 0 Å². The van der Waals surface area contributed by atoms with Gasteiger partial charge in [-0.25, -0.2) is 8.42 Å². The van der Waals surface area contributed by atoms with E-state index in [1.165, 1.54) is 48.2 Å². The van der Waals surface area contributed by atoms with Crippen LogP contribution in [0.25, 0.3) is 0 Å². The highest BCUT2D eigenvalue weighted by Crippen LogP contribution is 2.28. The zero-order valence-electron chi connectivity index (χ0n) is 16.4. The van der Waals surface area contributed by atoms with Crippen LogP contribution in [0.15, 0.2) is 76.7 Å². The number of nitrogens with zero attached hydrogens (tertiary/aromatic N) is 2. The van der Waals surface area contributed by atoms with E-state index in [4.69, 9.17) is 11.6 Å². The van der Waals surface area contributed by atoms with Crippen molar-refractivity contribution < 1.29 is 13.3 Å². The van der Waals surface area contributed by atoms with E-state index in [2.05, 4.69) is 22.2 Å². The molecular formula is C21H19ClN4O4S. The number of hydrogen-bond acceptors (Lipinski definition) is 6. The predicted molar refractivity (Wildman–Crippen MR) is 122 cm³/mol. The van der Waals surface area contributed by atoms with Crippen LogP contribution in [0.2, 0.25) is 5.02 Å². The van der Waals surface area contributed by atoms with Gasteiger partial charge in [0.05, 0.1) is 16.0 Å². The summed E-state index contributed by atoms with van der Waals surface area (Å²) >= 11 is 5.80. The molecule has 10 heteroatoms. The van der Waals surface area contributed by atoms with Crippen molar-refractivity contribution in [1.29, 1.82) is 0 Å². The Labute approximate surface area is 184 Å². The normalized spacial score (nSPS) is 11.4. The summed E-state index contributed by atoms with van der Waals surface area (Å²) in [5.41, 5.74) is 4.54. The summed E-state index contributed by atoms with van der Waals surface area (Å²) in [6.45, 7) is 2.05. The van der Waals surface area contributed by atoms with Gasteiger partial charge in [-0.1, -0.05) is 42.8 Å². The molecule has 0 aliphatic heterocycles. The Bertz CT molecular complexity index is 1210. The number of hydrogen-bond donors (Lipinski definition) is 2. The number of anilines is 2. The fourth-order valence-electron chi connectivity index (χ4n) is 2.67. The number of hydrazone groups is 1. The van der Waals surface area contributed by atoms with Crippen LogP contribution in [0.4, 0.5) is 17.1 Å². The number of benzene rings is 3. The van der Waals surface area contributed by atoms with Gasteiger partial charge in [0.1, 0.15) is 5.69 Å². The Morgan fingerprint density at radius 1 is 1.06 bits per heavy atom. The summed E-state index contributed by atoms with van der Waals surface area (Å²) in [6.07, 6.45) is 2.44. The maximum atomic E-state index is 12.6. The quantitative estimate of drug-likeness (QED) is 0.278. The molecule has 0 atom stereocenters. The van der Waals surface area contributed by atoms with Gasteiger partial charge in [0, 0.05) is 16.8 Å². The van der Waals surface area contributed by atoms with Crippen LogP contribution in [0, 0.1) is 10.1 Å². The summed E-state index contributed by atoms with van der Waals surface area (Å²) in [7, 11) is -4.03. The SMILES string of the molecule is CCc1ccc(C=NNc2ccc(S(=O)(=O)Nc3ccc(Cl)cc3)cc2[N+](=O)[O-])cc1. The molecule has 0 spiro atoms. The average Bonchev–Trinajstić information content (AvgIpc) is 2.75. The zero-order chi connectivity index (χ0) is 22.4. The molecule has 0 unspecified atom stereocenters. The Balaban J connectivity index is 1.80. The van der Waals surface area contributed by atoms with Crippen molar-refractivity contribution in [1.82, 2.24) is 0 Å². The first kappa shape index (κ1) is 22.3. The van der Waals surface area contributed by atoms with E-state index in [1.807, 2.05) is 24.3 Å². The number of sulfonamides is 1. The first-order chi connectivity index (χ1) is 14.8. The number of nitro groups is 1. The van der Waals surface area contributed by atoms with Gasteiger partial charge in [-0.3, -0.25) is 20.3 Å². The molecule has 2 N–H and O–H groups in total. The van der Waals surface area contributed by atoms with E-state index in [9.17, 15) is 18.5 Å². The summed E-state index contributed by atoms with van der Waals surface area (Å²) < 4.78 is 27.6. The molecular weight excluding hydrogens is 440 g/mol. The number of rotatable bonds is 8. The number of nitro benzene ring substituents is 1. The molecule has 8 nitrogen and oxygen atoms in total. The van der Waals surface area contributed by atoms with Crippen LogP contribution >= 0.6 is 11.6 Å². The van der Waals surface area contributed by atoms with Crippen molar-refractivity contribution in [2.45, 2.75) is 18.2 Å². The molecule has 3 aromatic carbocycles. The Hall–Kier alpha value is -3.43. The molecule has 0 saturated carbocycles. The molecule has 0 amide bonds. The van der Waals surface area contributed by atoms with Gasteiger partial charge >= 0.3 is 0 Å². The molecule has 0 aromatic heterocycles. The first-order valence-electron chi connectivity index (χ1n) is 9.23. The fraction of sp³-hybridized carbons (Fsp3) is 0.0952. The Morgan fingerprint density at radius 3 is 2.35 bits per heavy atom. The highest BCUT2D eigenvalue weighted by molar-refractivity contribution is 7.92. The minimum atomic E-state index is -4.03. The van der Waals surface area contributed by atoms with Crippen LogP contribution in [-0.4, -0.2) is 19.6 Å². The monoisotopic (exact) mass is 458 g/mol. The van der Waals surface area contributed by atoms with Gasteiger partial charge < -0.3 is 0 Å². The van der Waals surface area contributed by atoms with Gasteiger partial charge in [0.2, 0.25) is 0 Å². The van der Waals surface area contributed by atoms with Crippen LogP contribution in [0.1, 0.15) is 18.1 Å². The number of halogens is 1. The molecule has 0 heterocycles. The molecule has 0 aliphatic carbocycles. The van der Waals surface area contributed by atoms with E-state index in [1.54, 1.807) is 0 Å². The molecule has 0 aliphatic rings. The lowest BCUT2D eigenvalue weighted by atomic mass is 10.1. The minimum Gasteiger partial charge on any atom is -0.280 e. The average molecular weight is 459 g/mol. The first-order valence-corrected chi connectivity index (χ1v) is 11.1. The van der Waals surface area contributed by atoms with Crippen LogP contribution < -0.4 is 10.1 Å². The van der Waals surface area contributed by atoms with E-state index in [-0.39, 0.29) is 16.3 Å². The number of aryl methyl sites for hydroxylation is 1. The van der Waals surface area contributed by atoms with Crippen LogP contribution in [0.5, 0.6) is 0 Å². The van der Waals surface area contributed by atoms with Crippen LogP contribution in [-0.2, 0) is 16.4 Å². The van der Waals surface area contributed by atoms with Gasteiger partial charge in [0.25, 0.3) is 15.7 Å². The van der Waals surface area contributed by atoms with Crippen molar-refractivity contribution in [3.8, 4) is 0 Å². The second-order valence-corrected chi connectivity index (χ2v) is 8.63. The lowest BCUT2D eigenvalue weighted by molar-refractivity contribution is -0.384. The maximum absolute atomic E-state index is 12.6. The third kappa shape index (κ3) is 5.80. The molecule has 0 radical (unpaired) electrons. The predicted octanol–water partition coefficient (Wildman–Crippen LogP) is 5.06. The second-order valence-electron chi connectivity index (χ2n) is 6.51. The van der Waals surface area contributed by atoms with E-state index in [0.29, 0.717) is 5.02 Å². The molecule has 31 heavy (non-hydrogen) atoms. The van der Waals surface area contributed by atoms with E-state index < -0.39 is 20.6 Å². The largest absolute Gasteiger partial charge is 0.295 e. The fourth-order valence-corrected chi connectivity index (χ4v) is 3.88. The zero-order valence-corrected chi connectivity index (χ0v) is 18.0. The van der Waals surface area contributed by atoms with Gasteiger partial charge in [-0.15, -0.1) is 0 Å². The van der Waals surface area contributed by atoms with Crippen LogP contribution in [0.3, 0.4) is 0 Å². The molecule has 3 rings (SSSR count). The minimum absolute atomic E-state index is 0.0665. The third-order valence-corrected chi connectivity index (χ3v) is 5.99. The topological polar surface area (TPSA) is 114 Å². The van der Waals surface area contributed by atoms with E-state index in [0.717, 1.165) is 18.1 Å². The summed E-state index contributed by atoms with van der Waals surface area (Å²) in [5, 5.41) is 16.0. The van der Waals surface area contributed by atoms with Gasteiger partial charge in [-0.05, 0) is 53.9 Å². The lowest BCUT2D eigenvalue weighted by Crippen LogP contribution is -2.13. The molecule has 3 aromatic rings. The maximum Gasteiger partial charge on any atom is 0.295 e. The highest BCUT2D eigenvalue weighted by Gasteiger charge is 2.21. The van der Waals surface area contributed by atoms with Crippen molar-refractivity contribution in [2.24, 2.45) is 5.10 Å². The van der Waals surface area contributed by atoms with Crippen molar-refractivity contribution in [3.63, 3.8) is 0 Å². The standard InChI is InChI=1S/C21H19ClN4O4S/c1-2-15-3-5-16(6-4-15)14-23-24-20-12-11-19(13-21(20)26(27)28)31(29,30)25-18-9-7-17(22)8-10-18/h3-14,24-25H,2H2,1H3. The molecule has 0 fully saturated rings. The highest BCUT2D eigenvalue weighted by atomic mass is 35.5. The Morgan fingerprint density at radius 2 is 1.74 bits per heavy atom. The lowest BCUT2D eigenvalue weighted by Gasteiger charge is -2.09.